The van der Waals surface area contributed by atoms with E-state index in [0.29, 0.717) is 17.6 Å². The summed E-state index contributed by atoms with van der Waals surface area (Å²) < 4.78 is 1.77. The molecule has 10 nitrogen and oxygen atoms in total. The number of piperazine rings is 1. The van der Waals surface area contributed by atoms with Crippen molar-refractivity contribution in [3.8, 4) is 34.1 Å². The highest BCUT2D eigenvalue weighted by Gasteiger charge is 2.44. The van der Waals surface area contributed by atoms with Gasteiger partial charge in [0.15, 0.2) is 5.01 Å². The van der Waals surface area contributed by atoms with E-state index in [-0.39, 0.29) is 0 Å². The van der Waals surface area contributed by atoms with E-state index in [9.17, 15) is 10.5 Å². The number of hydrogen-bond donors (Lipinski definition) is 2. The first-order chi connectivity index (χ1) is 17.6. The van der Waals surface area contributed by atoms with E-state index < -0.39 is 5.54 Å². The Morgan fingerprint density at radius 1 is 1.08 bits per heavy atom. The minimum absolute atomic E-state index is 0.507. The molecule has 1 aliphatic carbocycles. The summed E-state index contributed by atoms with van der Waals surface area (Å²) in [5, 5.41) is 41.2. The minimum Gasteiger partial charge on any atom is -0.367 e. The summed E-state index contributed by atoms with van der Waals surface area (Å²) in [5.74, 6) is 0. The molecule has 1 saturated carbocycles. The van der Waals surface area contributed by atoms with Crippen molar-refractivity contribution in [1.82, 2.24) is 30.1 Å². The molecule has 7 rings (SSSR count). The van der Waals surface area contributed by atoms with E-state index in [0.717, 1.165) is 64.2 Å². The summed E-state index contributed by atoms with van der Waals surface area (Å²) in [4.78, 5) is 7.08. The molecule has 178 valence electrons. The fourth-order valence-electron chi connectivity index (χ4n) is 5.18. The van der Waals surface area contributed by atoms with Gasteiger partial charge in [-0.25, -0.2) is 4.52 Å². The number of nitriles is 2. The summed E-state index contributed by atoms with van der Waals surface area (Å²) >= 11 is 1.57. The van der Waals surface area contributed by atoms with Crippen LogP contribution in [0.4, 0.5) is 10.8 Å². The average Bonchev–Trinajstić information content (AvgIpc) is 3.23. The normalized spacial score (nSPS) is 21.8. The molecular formula is C25H22N10S. The molecule has 36 heavy (non-hydrogen) atoms. The summed E-state index contributed by atoms with van der Waals surface area (Å²) in [7, 11) is 0. The van der Waals surface area contributed by atoms with Crippen LogP contribution in [-0.4, -0.2) is 55.5 Å². The van der Waals surface area contributed by atoms with Gasteiger partial charge < -0.3 is 15.5 Å². The first-order valence-corrected chi connectivity index (χ1v) is 12.9. The third-order valence-electron chi connectivity index (χ3n) is 7.27. The minimum atomic E-state index is -0.556. The lowest BCUT2D eigenvalue weighted by molar-refractivity contribution is 0.465. The van der Waals surface area contributed by atoms with Gasteiger partial charge in [-0.15, -0.1) is 10.2 Å². The maximum Gasteiger partial charge on any atom is 0.208 e. The molecule has 2 aliphatic heterocycles. The van der Waals surface area contributed by atoms with Crippen molar-refractivity contribution >= 4 is 27.7 Å². The van der Waals surface area contributed by atoms with Crippen LogP contribution in [-0.2, 0) is 0 Å². The number of pyridine rings is 1. The monoisotopic (exact) mass is 494 g/mol. The number of hydrogen-bond acceptors (Lipinski definition) is 10. The Morgan fingerprint density at radius 2 is 1.92 bits per heavy atom. The first-order valence-electron chi connectivity index (χ1n) is 12.1. The molecule has 0 aromatic carbocycles. The Bertz CT molecular complexity index is 1560. The van der Waals surface area contributed by atoms with Gasteiger partial charge in [0, 0.05) is 37.1 Å². The number of rotatable bonds is 5. The van der Waals surface area contributed by atoms with Crippen molar-refractivity contribution in [3.63, 3.8) is 0 Å². The highest BCUT2D eigenvalue weighted by Crippen LogP contribution is 2.43. The second kappa shape index (κ2) is 7.98. The van der Waals surface area contributed by atoms with Gasteiger partial charge >= 0.3 is 0 Å². The SMILES string of the molecule is N#Cc1cnn2c(-c3cc(NC4(C#N)CC4)c(-c4nnc(N5C[C@H]6CC[C@@H](C5)N6)s4)cn3)ccc2c1. The highest BCUT2D eigenvalue weighted by molar-refractivity contribution is 7.18. The molecule has 4 aromatic heterocycles. The molecule has 2 N–H and O–H groups in total. The summed E-state index contributed by atoms with van der Waals surface area (Å²) in [6.07, 6.45) is 7.38. The molecule has 0 radical (unpaired) electrons. The van der Waals surface area contributed by atoms with Gasteiger partial charge in [0.05, 0.1) is 40.3 Å². The van der Waals surface area contributed by atoms with Gasteiger partial charge in [-0.05, 0) is 49.9 Å². The Kier molecular flexibility index (Phi) is 4.71. The van der Waals surface area contributed by atoms with Gasteiger partial charge in [0.25, 0.3) is 0 Å². The molecule has 2 saturated heterocycles. The zero-order valence-electron chi connectivity index (χ0n) is 19.3. The fraction of sp³-hybridized carbons (Fsp3) is 0.360. The first kappa shape index (κ1) is 21.2. The van der Waals surface area contributed by atoms with Gasteiger partial charge in [0.2, 0.25) is 5.13 Å². The second-order valence-corrected chi connectivity index (χ2v) is 10.7. The second-order valence-electron chi connectivity index (χ2n) is 9.78. The van der Waals surface area contributed by atoms with E-state index in [2.05, 4.69) is 43.0 Å². The molecule has 4 aromatic rings. The largest absolute Gasteiger partial charge is 0.367 e. The van der Waals surface area contributed by atoms with Crippen LogP contribution in [0.25, 0.3) is 27.5 Å². The predicted octanol–water partition coefficient (Wildman–Crippen LogP) is 3.20. The molecule has 0 amide bonds. The summed E-state index contributed by atoms with van der Waals surface area (Å²) in [6, 6.07) is 13.2. The molecule has 11 heteroatoms. The van der Waals surface area contributed by atoms with Crippen molar-refractivity contribution in [2.45, 2.75) is 43.3 Å². The average molecular weight is 495 g/mol. The van der Waals surface area contributed by atoms with Gasteiger partial charge in [-0.2, -0.15) is 15.6 Å². The van der Waals surface area contributed by atoms with Crippen molar-refractivity contribution < 1.29 is 0 Å². The number of fused-ring (bicyclic) bond motifs is 3. The quantitative estimate of drug-likeness (QED) is 0.429. The van der Waals surface area contributed by atoms with Gasteiger partial charge in [-0.3, -0.25) is 4.98 Å². The molecule has 0 spiro atoms. The number of nitrogens with zero attached hydrogens (tertiary/aromatic N) is 8. The topological polar surface area (TPSA) is 131 Å². The highest BCUT2D eigenvalue weighted by atomic mass is 32.1. The number of anilines is 2. The lowest BCUT2D eigenvalue weighted by atomic mass is 10.1. The Balaban J connectivity index is 1.27. The molecule has 3 aliphatic rings. The zero-order valence-corrected chi connectivity index (χ0v) is 20.2. The smallest absolute Gasteiger partial charge is 0.208 e. The van der Waals surface area contributed by atoms with E-state index in [1.165, 1.54) is 12.8 Å². The van der Waals surface area contributed by atoms with Crippen molar-refractivity contribution in [1.29, 1.82) is 10.5 Å². The molecule has 2 atom stereocenters. The van der Waals surface area contributed by atoms with E-state index in [1.807, 2.05) is 18.2 Å². The van der Waals surface area contributed by atoms with Crippen molar-refractivity contribution in [2.24, 2.45) is 0 Å². The van der Waals surface area contributed by atoms with Crippen molar-refractivity contribution in [3.05, 3.63) is 42.2 Å². The standard InChI is InChI=1S/C25H22N10S/c26-9-15-7-18-3-4-22(35(18)29-10-15)21-8-20(31-25(14-27)5-6-25)19(11-28-21)23-32-33-24(36-23)34-12-16-1-2-17(13-34)30-16/h3-4,7-8,10-11,16-17,30H,1-2,5-6,12-13H2,(H,28,31)/t16-,17+. The lowest BCUT2D eigenvalue weighted by Crippen LogP contribution is -2.51. The van der Waals surface area contributed by atoms with Crippen LogP contribution in [0, 0.1) is 22.7 Å². The molecule has 0 unspecified atom stereocenters. The lowest BCUT2D eigenvalue weighted by Gasteiger charge is -2.32. The molecular weight excluding hydrogens is 472 g/mol. The summed E-state index contributed by atoms with van der Waals surface area (Å²) in [5.41, 5.74) is 3.94. The van der Waals surface area contributed by atoms with Crippen molar-refractivity contribution in [2.75, 3.05) is 23.3 Å². The van der Waals surface area contributed by atoms with Crippen LogP contribution >= 0.6 is 11.3 Å². The Labute approximate surface area is 211 Å². The third-order valence-corrected chi connectivity index (χ3v) is 8.28. The van der Waals surface area contributed by atoms with Crippen LogP contribution in [0.5, 0.6) is 0 Å². The maximum absolute atomic E-state index is 9.75. The van der Waals surface area contributed by atoms with E-state index in [1.54, 1.807) is 34.3 Å². The molecule has 6 heterocycles. The van der Waals surface area contributed by atoms with Crippen LogP contribution in [0.1, 0.15) is 31.2 Å². The van der Waals surface area contributed by atoms with Gasteiger partial charge in [0.1, 0.15) is 11.6 Å². The fourth-order valence-corrected chi connectivity index (χ4v) is 6.06. The van der Waals surface area contributed by atoms with Crippen LogP contribution in [0.2, 0.25) is 0 Å². The predicted molar refractivity (Wildman–Crippen MR) is 135 cm³/mol. The van der Waals surface area contributed by atoms with Crippen LogP contribution in [0.3, 0.4) is 0 Å². The Morgan fingerprint density at radius 3 is 2.67 bits per heavy atom. The third kappa shape index (κ3) is 3.56. The number of aromatic nitrogens is 5. The van der Waals surface area contributed by atoms with E-state index in [4.69, 9.17) is 4.98 Å². The zero-order chi connectivity index (χ0) is 24.3. The number of nitrogens with one attached hydrogen (secondary N) is 2. The van der Waals surface area contributed by atoms with E-state index >= 15 is 0 Å². The summed E-state index contributed by atoms with van der Waals surface area (Å²) in [6.45, 7) is 1.90. The van der Waals surface area contributed by atoms with Crippen LogP contribution in [0.15, 0.2) is 36.7 Å². The van der Waals surface area contributed by atoms with Gasteiger partial charge in [-0.1, -0.05) is 11.3 Å². The maximum atomic E-state index is 9.75. The molecule has 3 fully saturated rings. The molecule has 2 bridgehead atoms. The Hall–Kier alpha value is -4.06. The van der Waals surface area contributed by atoms with Crippen LogP contribution < -0.4 is 15.5 Å².